The predicted octanol–water partition coefficient (Wildman–Crippen LogP) is 4.60. The molecule has 0 spiro atoms. The first-order valence-corrected chi connectivity index (χ1v) is 6.34. The summed E-state index contributed by atoms with van der Waals surface area (Å²) in [5, 5.41) is 10.2. The number of hydrogen-bond donors (Lipinski definition) is 1. The molecule has 0 amide bonds. The Kier molecular flexibility index (Phi) is 4.18. The monoisotopic (exact) mass is 350 g/mol. The van der Waals surface area contributed by atoms with Crippen LogP contribution in [0.2, 0.25) is 5.02 Å². The van der Waals surface area contributed by atoms with Crippen molar-refractivity contribution in [2.24, 2.45) is 0 Å². The van der Waals surface area contributed by atoms with Crippen LogP contribution in [0.15, 0.2) is 34.8 Å². The highest BCUT2D eigenvalue weighted by Gasteiger charge is 2.18. The molecule has 6 heteroatoms. The van der Waals surface area contributed by atoms with Crippen molar-refractivity contribution >= 4 is 27.5 Å². The van der Waals surface area contributed by atoms with Crippen LogP contribution in [0.1, 0.15) is 17.2 Å². The van der Waals surface area contributed by atoms with Gasteiger partial charge >= 0.3 is 0 Å². The molecule has 0 heterocycles. The zero-order valence-corrected chi connectivity index (χ0v) is 11.6. The van der Waals surface area contributed by atoms with Crippen molar-refractivity contribution in [3.8, 4) is 0 Å². The van der Waals surface area contributed by atoms with Gasteiger partial charge in [-0.1, -0.05) is 11.6 Å². The first-order valence-electron chi connectivity index (χ1n) is 5.17. The molecule has 0 aliphatic rings. The Bertz CT molecular complexity index is 613. The molecular weight excluding hydrogens is 344 g/mol. The number of aliphatic hydroxyl groups excluding tert-OH is 1. The highest BCUT2D eigenvalue weighted by Crippen LogP contribution is 2.32. The van der Waals surface area contributed by atoms with Gasteiger partial charge in [-0.15, -0.1) is 0 Å². The Morgan fingerprint density at radius 1 is 1.00 bits per heavy atom. The maximum atomic E-state index is 13.7. The van der Waals surface area contributed by atoms with Crippen LogP contribution in [-0.2, 0) is 0 Å². The van der Waals surface area contributed by atoms with Gasteiger partial charge in [0.15, 0.2) is 0 Å². The molecule has 2 aromatic carbocycles. The molecule has 1 atom stereocenters. The molecule has 0 radical (unpaired) electrons. The van der Waals surface area contributed by atoms with Crippen LogP contribution in [0.25, 0.3) is 0 Å². The molecule has 19 heavy (non-hydrogen) atoms. The maximum absolute atomic E-state index is 13.7. The number of benzene rings is 2. The second-order valence-corrected chi connectivity index (χ2v) is 5.15. The zero-order chi connectivity index (χ0) is 14.2. The molecular formula is C13H7BrClF3O. The van der Waals surface area contributed by atoms with Gasteiger partial charge in [-0.05, 0) is 45.8 Å². The van der Waals surface area contributed by atoms with Gasteiger partial charge in [0, 0.05) is 16.1 Å². The topological polar surface area (TPSA) is 20.2 Å². The van der Waals surface area contributed by atoms with E-state index in [9.17, 15) is 18.3 Å². The Morgan fingerprint density at radius 2 is 1.58 bits per heavy atom. The summed E-state index contributed by atoms with van der Waals surface area (Å²) in [6, 6.07) is 4.82. The standard InChI is InChI=1S/C13H7BrClF3O/c14-10-5-12(18)9(4-11(10)15)13(19)6-1-7(16)3-8(17)2-6/h1-5,13,19H. The minimum absolute atomic E-state index is 0.0882. The second-order valence-electron chi connectivity index (χ2n) is 3.89. The molecule has 0 aromatic heterocycles. The van der Waals surface area contributed by atoms with Crippen LogP contribution in [0, 0.1) is 17.5 Å². The van der Waals surface area contributed by atoms with Crippen LogP contribution in [0.5, 0.6) is 0 Å². The van der Waals surface area contributed by atoms with E-state index in [0.29, 0.717) is 10.5 Å². The fourth-order valence-electron chi connectivity index (χ4n) is 1.66. The molecule has 1 N–H and O–H groups in total. The third-order valence-corrected chi connectivity index (χ3v) is 3.73. The van der Waals surface area contributed by atoms with Gasteiger partial charge in [-0.2, -0.15) is 0 Å². The first kappa shape index (κ1) is 14.4. The van der Waals surface area contributed by atoms with Crippen LogP contribution in [0.4, 0.5) is 13.2 Å². The van der Waals surface area contributed by atoms with E-state index in [1.165, 1.54) is 6.07 Å². The third-order valence-electron chi connectivity index (χ3n) is 2.53. The van der Waals surface area contributed by atoms with E-state index < -0.39 is 23.6 Å². The van der Waals surface area contributed by atoms with Crippen LogP contribution in [0.3, 0.4) is 0 Å². The number of aliphatic hydroxyl groups is 1. The van der Waals surface area contributed by atoms with Crippen molar-refractivity contribution in [1.82, 2.24) is 0 Å². The lowest BCUT2D eigenvalue weighted by atomic mass is 10.0. The summed E-state index contributed by atoms with van der Waals surface area (Å²) in [5.41, 5.74) is -0.243. The first-order chi connectivity index (χ1) is 8.88. The minimum atomic E-state index is -1.50. The SMILES string of the molecule is OC(c1cc(F)cc(F)c1)c1cc(Cl)c(Br)cc1F. The number of rotatable bonds is 2. The van der Waals surface area contributed by atoms with Crippen molar-refractivity contribution in [3.05, 3.63) is 68.4 Å². The van der Waals surface area contributed by atoms with Crippen molar-refractivity contribution < 1.29 is 18.3 Å². The smallest absolute Gasteiger partial charge is 0.130 e. The van der Waals surface area contributed by atoms with E-state index in [-0.39, 0.29) is 16.1 Å². The van der Waals surface area contributed by atoms with E-state index in [4.69, 9.17) is 11.6 Å². The molecule has 2 rings (SSSR count). The molecule has 0 saturated carbocycles. The highest BCUT2D eigenvalue weighted by molar-refractivity contribution is 9.10. The van der Waals surface area contributed by atoms with Gasteiger partial charge in [-0.25, -0.2) is 13.2 Å². The molecule has 1 nitrogen and oxygen atoms in total. The third kappa shape index (κ3) is 3.11. The fraction of sp³-hybridized carbons (Fsp3) is 0.0769. The molecule has 0 bridgehead atoms. The summed E-state index contributed by atoms with van der Waals surface area (Å²) >= 11 is 8.84. The van der Waals surface area contributed by atoms with Crippen LogP contribution < -0.4 is 0 Å². The van der Waals surface area contributed by atoms with Crippen LogP contribution >= 0.6 is 27.5 Å². The lowest BCUT2D eigenvalue weighted by molar-refractivity contribution is 0.214. The molecule has 0 fully saturated rings. The Labute approximate surface area is 120 Å². The summed E-state index contributed by atoms with van der Waals surface area (Å²) in [6.07, 6.45) is -1.50. The normalized spacial score (nSPS) is 12.5. The minimum Gasteiger partial charge on any atom is -0.384 e. The van der Waals surface area contributed by atoms with Gasteiger partial charge < -0.3 is 5.11 Å². The molecule has 0 saturated heterocycles. The highest BCUT2D eigenvalue weighted by atomic mass is 79.9. The van der Waals surface area contributed by atoms with Crippen molar-refractivity contribution in [2.75, 3.05) is 0 Å². The van der Waals surface area contributed by atoms with Gasteiger partial charge in [0.25, 0.3) is 0 Å². The summed E-state index contributed by atoms with van der Waals surface area (Å²) < 4.78 is 40.2. The molecule has 0 aliphatic heterocycles. The lowest BCUT2D eigenvalue weighted by Crippen LogP contribution is -2.04. The van der Waals surface area contributed by atoms with Crippen molar-refractivity contribution in [1.29, 1.82) is 0 Å². The average molecular weight is 352 g/mol. The van der Waals surface area contributed by atoms with Gasteiger partial charge in [0.05, 0.1) is 5.02 Å². The Morgan fingerprint density at radius 3 is 2.16 bits per heavy atom. The summed E-state index contributed by atoms with van der Waals surface area (Å²) in [7, 11) is 0. The molecule has 1 unspecified atom stereocenters. The lowest BCUT2D eigenvalue weighted by Gasteiger charge is -2.13. The molecule has 2 aromatic rings. The molecule has 100 valence electrons. The Balaban J connectivity index is 2.49. The Hall–Kier alpha value is -1.04. The van der Waals surface area contributed by atoms with Crippen LogP contribution in [-0.4, -0.2) is 5.11 Å². The predicted molar refractivity (Wildman–Crippen MR) is 69.5 cm³/mol. The average Bonchev–Trinajstić information content (AvgIpc) is 2.31. The van der Waals surface area contributed by atoms with E-state index in [1.807, 2.05) is 0 Å². The van der Waals surface area contributed by atoms with E-state index >= 15 is 0 Å². The van der Waals surface area contributed by atoms with Crippen molar-refractivity contribution in [2.45, 2.75) is 6.10 Å². The van der Waals surface area contributed by atoms with Gasteiger partial charge in [0.2, 0.25) is 0 Å². The van der Waals surface area contributed by atoms with Gasteiger partial charge in [0.1, 0.15) is 23.6 Å². The van der Waals surface area contributed by atoms with E-state index in [0.717, 1.165) is 18.2 Å². The van der Waals surface area contributed by atoms with Gasteiger partial charge in [-0.3, -0.25) is 0 Å². The molecule has 0 aliphatic carbocycles. The quantitative estimate of drug-likeness (QED) is 0.784. The number of hydrogen-bond acceptors (Lipinski definition) is 1. The maximum Gasteiger partial charge on any atom is 0.130 e. The second kappa shape index (κ2) is 5.53. The van der Waals surface area contributed by atoms with E-state index in [2.05, 4.69) is 15.9 Å². The summed E-state index contributed by atoms with van der Waals surface area (Å²) in [4.78, 5) is 0. The summed E-state index contributed by atoms with van der Waals surface area (Å²) in [5.74, 6) is -2.43. The van der Waals surface area contributed by atoms with Crippen molar-refractivity contribution in [3.63, 3.8) is 0 Å². The summed E-state index contributed by atoms with van der Waals surface area (Å²) in [6.45, 7) is 0. The fourth-order valence-corrected chi connectivity index (χ4v) is 2.15. The van der Waals surface area contributed by atoms with E-state index in [1.54, 1.807) is 0 Å². The number of halogens is 5. The zero-order valence-electron chi connectivity index (χ0n) is 9.30. The largest absolute Gasteiger partial charge is 0.384 e.